The van der Waals surface area contributed by atoms with Crippen LogP contribution in [-0.4, -0.2) is 84.6 Å². The SMILES string of the molecule is C=CC1CC1(NC(O)C1CC(Oc2ncc(OC)c3ccc(Cl)cc23)CN1C(=O)COc1cc(C#N)ccc1C1CCCCC1)C(=O)NS(=O)(=O)C1CC1. The first kappa shape index (κ1) is 37.9. The van der Waals surface area contributed by atoms with Crippen LogP contribution in [0.4, 0.5) is 0 Å². The number of nitrogens with one attached hydrogen (secondary N) is 2. The van der Waals surface area contributed by atoms with E-state index in [-0.39, 0.29) is 37.8 Å². The molecule has 5 atom stereocenters. The fraction of sp³-hybridized carbons (Fsp3) is 0.487. The Balaban J connectivity index is 1.14. The molecule has 1 aliphatic heterocycles. The van der Waals surface area contributed by atoms with Gasteiger partial charge in [0, 0.05) is 28.1 Å². The van der Waals surface area contributed by atoms with Gasteiger partial charge in [0.15, 0.2) is 6.61 Å². The molecule has 2 amide bonds. The van der Waals surface area contributed by atoms with Crippen LogP contribution in [0.1, 0.15) is 74.8 Å². The minimum absolute atomic E-state index is 0.0369. The number of carbonyl (C=O) groups excluding carboxylic acids is 2. The maximum Gasteiger partial charge on any atom is 0.261 e. The number of halogens is 1. The number of likely N-dealkylation sites (tertiary alicyclic amines) is 1. The molecule has 286 valence electrons. The standard InChI is InChI=1S/C39H44ClN5O8S/c1-3-25-18-39(25,38(48)44-54(49,50)28-11-12-28)43-36(47)32-17-27(53-37-31-16-26(40)10-14-30(31)34(51-2)20-42-37)21-45(32)35(46)22-52-33-15-23(19-41)9-13-29(33)24-7-5-4-6-8-24/h3,9-10,13-16,20,24-25,27-28,32,36,43,47H,1,4-8,11-12,17-18,21-22H2,2H3,(H,44,48). The Labute approximate surface area is 319 Å². The van der Waals surface area contributed by atoms with Crippen molar-refractivity contribution in [3.05, 3.63) is 71.4 Å². The van der Waals surface area contributed by atoms with E-state index >= 15 is 0 Å². The van der Waals surface area contributed by atoms with E-state index in [0.29, 0.717) is 40.3 Å². The zero-order valence-electron chi connectivity index (χ0n) is 30.0. The molecule has 13 nitrogen and oxygen atoms in total. The summed E-state index contributed by atoms with van der Waals surface area (Å²) >= 11 is 6.35. The maximum absolute atomic E-state index is 14.1. The number of aromatic nitrogens is 1. The summed E-state index contributed by atoms with van der Waals surface area (Å²) in [6.07, 6.45) is 7.57. The van der Waals surface area contributed by atoms with Crippen molar-refractivity contribution in [2.24, 2.45) is 5.92 Å². The van der Waals surface area contributed by atoms with E-state index in [1.165, 1.54) is 24.6 Å². The van der Waals surface area contributed by atoms with Gasteiger partial charge < -0.3 is 24.2 Å². The molecule has 1 saturated heterocycles. The topological polar surface area (TPSA) is 180 Å². The number of nitriles is 1. The zero-order valence-corrected chi connectivity index (χ0v) is 31.6. The van der Waals surface area contributed by atoms with Gasteiger partial charge in [-0.1, -0.05) is 43.0 Å². The van der Waals surface area contributed by atoms with E-state index in [2.05, 4.69) is 27.7 Å². The highest BCUT2D eigenvalue weighted by Gasteiger charge is 2.61. The van der Waals surface area contributed by atoms with Gasteiger partial charge in [-0.15, -0.1) is 6.58 Å². The van der Waals surface area contributed by atoms with Crippen molar-refractivity contribution in [1.29, 1.82) is 5.26 Å². The Morgan fingerprint density at radius 2 is 1.93 bits per heavy atom. The lowest BCUT2D eigenvalue weighted by molar-refractivity contribution is -0.137. The van der Waals surface area contributed by atoms with E-state index in [1.807, 2.05) is 6.07 Å². The molecule has 5 unspecified atom stereocenters. The summed E-state index contributed by atoms with van der Waals surface area (Å²) in [4.78, 5) is 33.6. The number of hydrogen-bond acceptors (Lipinski definition) is 11. The third-order valence-corrected chi connectivity index (χ3v) is 13.2. The maximum atomic E-state index is 14.1. The summed E-state index contributed by atoms with van der Waals surface area (Å²) in [5.74, 6) is -0.176. The van der Waals surface area contributed by atoms with Crippen molar-refractivity contribution in [3.63, 3.8) is 0 Å². The highest BCUT2D eigenvalue weighted by Crippen LogP contribution is 2.46. The Morgan fingerprint density at radius 3 is 2.61 bits per heavy atom. The number of methoxy groups -OCH3 is 1. The molecule has 1 aromatic heterocycles. The number of pyridine rings is 1. The fourth-order valence-electron chi connectivity index (χ4n) is 7.89. The molecule has 15 heteroatoms. The van der Waals surface area contributed by atoms with E-state index in [1.54, 1.807) is 36.4 Å². The third kappa shape index (κ3) is 7.73. The smallest absolute Gasteiger partial charge is 0.261 e. The van der Waals surface area contributed by atoms with Crippen molar-refractivity contribution in [3.8, 4) is 23.4 Å². The Morgan fingerprint density at radius 1 is 1.15 bits per heavy atom. The van der Waals surface area contributed by atoms with Crippen LogP contribution < -0.4 is 24.2 Å². The number of fused-ring (bicyclic) bond motifs is 1. The van der Waals surface area contributed by atoms with Crippen molar-refractivity contribution >= 4 is 44.2 Å². The largest absolute Gasteiger partial charge is 0.494 e. The van der Waals surface area contributed by atoms with Gasteiger partial charge in [0.25, 0.3) is 11.8 Å². The van der Waals surface area contributed by atoms with Crippen molar-refractivity contribution in [1.82, 2.24) is 19.9 Å². The minimum atomic E-state index is -3.86. The van der Waals surface area contributed by atoms with Crippen molar-refractivity contribution in [2.45, 2.75) is 92.9 Å². The number of amides is 2. The van der Waals surface area contributed by atoms with Gasteiger partial charge in [0.1, 0.15) is 29.4 Å². The lowest BCUT2D eigenvalue weighted by Gasteiger charge is -2.31. The summed E-state index contributed by atoms with van der Waals surface area (Å²) in [6.45, 7) is 3.46. The second-order valence-corrected chi connectivity index (χ2v) is 17.1. The van der Waals surface area contributed by atoms with Crippen LogP contribution in [0.5, 0.6) is 17.4 Å². The molecule has 3 aromatic rings. The fourth-order valence-corrected chi connectivity index (χ4v) is 9.42. The first-order valence-electron chi connectivity index (χ1n) is 18.4. The average Bonchev–Trinajstić information content (AvgIpc) is 4.11. The summed E-state index contributed by atoms with van der Waals surface area (Å²) in [5, 5.41) is 25.6. The molecular weight excluding hydrogens is 734 g/mol. The van der Waals surface area contributed by atoms with Gasteiger partial charge in [-0.05, 0) is 73.9 Å². The van der Waals surface area contributed by atoms with Gasteiger partial charge in [-0.2, -0.15) is 5.26 Å². The number of rotatable bonds is 14. The number of sulfonamides is 1. The number of nitrogens with zero attached hydrogens (tertiary/aromatic N) is 3. The van der Waals surface area contributed by atoms with Crippen LogP contribution in [0.25, 0.3) is 10.8 Å². The van der Waals surface area contributed by atoms with Crippen molar-refractivity contribution in [2.75, 3.05) is 20.3 Å². The highest BCUT2D eigenvalue weighted by atomic mass is 35.5. The van der Waals surface area contributed by atoms with Crippen LogP contribution in [-0.2, 0) is 19.6 Å². The zero-order chi connectivity index (χ0) is 38.2. The second kappa shape index (κ2) is 15.4. The molecule has 0 bridgehead atoms. The molecule has 3 saturated carbocycles. The Bertz CT molecular complexity index is 2100. The predicted molar refractivity (Wildman–Crippen MR) is 201 cm³/mol. The molecule has 3 N–H and O–H groups in total. The quantitative estimate of drug-likeness (QED) is 0.153. The van der Waals surface area contributed by atoms with Gasteiger partial charge in [-0.25, -0.2) is 13.4 Å². The predicted octanol–water partition coefficient (Wildman–Crippen LogP) is 4.70. The van der Waals surface area contributed by atoms with Crippen LogP contribution in [0.15, 0.2) is 55.3 Å². The number of ether oxygens (including phenoxy) is 3. The summed E-state index contributed by atoms with van der Waals surface area (Å²) in [7, 11) is -2.33. The highest BCUT2D eigenvalue weighted by molar-refractivity contribution is 7.91. The number of aliphatic hydroxyl groups excluding tert-OH is 1. The Hall–Kier alpha value is -4.42. The van der Waals surface area contributed by atoms with Gasteiger partial charge >= 0.3 is 0 Å². The van der Waals surface area contributed by atoms with E-state index < -0.39 is 56.9 Å². The third-order valence-electron chi connectivity index (χ3n) is 11.1. The lowest BCUT2D eigenvalue weighted by Crippen LogP contribution is -2.59. The molecular formula is C39H44ClN5O8S. The summed E-state index contributed by atoms with van der Waals surface area (Å²) in [6, 6.07) is 11.8. The van der Waals surface area contributed by atoms with Crippen molar-refractivity contribution < 1.29 is 37.3 Å². The monoisotopic (exact) mass is 777 g/mol. The Kier molecular flexibility index (Phi) is 10.8. The molecule has 2 heterocycles. The molecule has 0 radical (unpaired) electrons. The molecule has 7 rings (SSSR count). The van der Waals surface area contributed by atoms with Crippen LogP contribution in [0, 0.1) is 17.2 Å². The molecule has 4 aliphatic rings. The van der Waals surface area contributed by atoms with Crippen LogP contribution in [0.3, 0.4) is 0 Å². The van der Waals surface area contributed by atoms with E-state index in [9.17, 15) is 28.4 Å². The normalized spacial score (nSPS) is 24.7. The average molecular weight is 778 g/mol. The van der Waals surface area contributed by atoms with Crippen LogP contribution >= 0.6 is 11.6 Å². The lowest BCUT2D eigenvalue weighted by atomic mass is 9.83. The van der Waals surface area contributed by atoms with E-state index in [4.69, 9.17) is 25.8 Å². The first-order chi connectivity index (χ1) is 26.0. The molecule has 4 fully saturated rings. The molecule has 2 aromatic carbocycles. The number of benzene rings is 2. The second-order valence-electron chi connectivity index (χ2n) is 14.7. The summed E-state index contributed by atoms with van der Waals surface area (Å²) < 4.78 is 45.7. The number of hydrogen-bond donors (Lipinski definition) is 3. The number of aliphatic hydroxyl groups is 1. The van der Waals surface area contributed by atoms with Gasteiger partial charge in [-0.3, -0.25) is 19.6 Å². The van der Waals surface area contributed by atoms with E-state index in [0.717, 1.165) is 36.6 Å². The van der Waals surface area contributed by atoms with Gasteiger partial charge in [0.2, 0.25) is 15.9 Å². The number of carbonyl (C=O) groups is 2. The molecule has 54 heavy (non-hydrogen) atoms. The molecule has 0 spiro atoms. The molecule has 3 aliphatic carbocycles. The summed E-state index contributed by atoms with van der Waals surface area (Å²) in [5.41, 5.74) is -0.0709. The van der Waals surface area contributed by atoms with Gasteiger partial charge in [0.05, 0.1) is 42.8 Å². The first-order valence-corrected chi connectivity index (χ1v) is 20.3. The van der Waals surface area contributed by atoms with Crippen LogP contribution in [0.2, 0.25) is 5.02 Å². The minimum Gasteiger partial charge on any atom is -0.494 e.